The van der Waals surface area contributed by atoms with Crippen LogP contribution in [0.5, 0.6) is 0 Å². The minimum absolute atomic E-state index is 0.128. The van der Waals surface area contributed by atoms with Gasteiger partial charge in [-0.15, -0.1) is 11.8 Å². The molecular weight excluding hydrogens is 272 g/mol. The molecule has 1 unspecified atom stereocenters. The molecule has 0 fully saturated rings. The van der Waals surface area contributed by atoms with Crippen LogP contribution in [0.15, 0.2) is 53.4 Å². The lowest BCUT2D eigenvalue weighted by molar-refractivity contribution is -0.385. The van der Waals surface area contributed by atoms with Crippen LogP contribution in [-0.4, -0.2) is 11.2 Å². The van der Waals surface area contributed by atoms with Crippen LogP contribution in [0.4, 0.5) is 11.4 Å². The first-order valence-electron chi connectivity index (χ1n) is 6.25. The lowest BCUT2D eigenvalue weighted by Gasteiger charge is -2.16. The van der Waals surface area contributed by atoms with Crippen molar-refractivity contribution in [3.63, 3.8) is 0 Å². The molecule has 0 aromatic heterocycles. The normalized spacial score (nSPS) is 11.9. The zero-order chi connectivity index (χ0) is 14.5. The highest BCUT2D eigenvalue weighted by Crippen LogP contribution is 2.28. The number of para-hydroxylation sites is 1. The topological polar surface area (TPSA) is 55.2 Å². The van der Waals surface area contributed by atoms with E-state index in [9.17, 15) is 10.1 Å². The van der Waals surface area contributed by atoms with Crippen molar-refractivity contribution in [3.8, 4) is 0 Å². The number of nitrogens with zero attached hydrogens (tertiary/aromatic N) is 1. The van der Waals surface area contributed by atoms with Gasteiger partial charge in [-0.2, -0.15) is 0 Å². The average molecular weight is 288 g/mol. The van der Waals surface area contributed by atoms with Gasteiger partial charge in [0.1, 0.15) is 0 Å². The van der Waals surface area contributed by atoms with E-state index >= 15 is 0 Å². The van der Waals surface area contributed by atoms with Gasteiger partial charge in [-0.1, -0.05) is 18.2 Å². The van der Waals surface area contributed by atoms with Gasteiger partial charge in [0.15, 0.2) is 0 Å². The summed E-state index contributed by atoms with van der Waals surface area (Å²) in [5.74, 6) is 0. The average Bonchev–Trinajstić information content (AvgIpc) is 2.48. The van der Waals surface area contributed by atoms with Gasteiger partial charge in [0, 0.05) is 16.6 Å². The molecule has 1 N–H and O–H groups in total. The number of hydrogen-bond acceptors (Lipinski definition) is 4. The largest absolute Gasteiger partial charge is 0.378 e. The molecule has 0 bridgehead atoms. The second-order valence-electron chi connectivity index (χ2n) is 4.41. The number of nitro benzene ring substituents is 1. The third-order valence-electron chi connectivity index (χ3n) is 3.07. The molecule has 0 saturated heterocycles. The number of rotatable bonds is 5. The summed E-state index contributed by atoms with van der Waals surface area (Å²) >= 11 is 1.68. The van der Waals surface area contributed by atoms with Crippen LogP contribution in [0.1, 0.15) is 18.5 Å². The van der Waals surface area contributed by atoms with Crippen LogP contribution >= 0.6 is 11.8 Å². The summed E-state index contributed by atoms with van der Waals surface area (Å²) in [5, 5.41) is 14.3. The Hall–Kier alpha value is -2.01. The van der Waals surface area contributed by atoms with Gasteiger partial charge in [-0.25, -0.2) is 0 Å². The Labute approximate surface area is 122 Å². The molecule has 20 heavy (non-hydrogen) atoms. The van der Waals surface area contributed by atoms with Crippen LogP contribution in [0, 0.1) is 10.1 Å². The Balaban J connectivity index is 2.19. The monoisotopic (exact) mass is 288 g/mol. The van der Waals surface area contributed by atoms with Crippen LogP contribution in [0.25, 0.3) is 0 Å². The molecule has 5 heteroatoms. The number of hydrogen-bond donors (Lipinski definition) is 1. The lowest BCUT2D eigenvalue weighted by atomic mass is 10.1. The van der Waals surface area contributed by atoms with E-state index in [-0.39, 0.29) is 16.7 Å². The highest BCUT2D eigenvalue weighted by atomic mass is 32.2. The van der Waals surface area contributed by atoms with Crippen molar-refractivity contribution in [2.45, 2.75) is 17.9 Å². The van der Waals surface area contributed by atoms with Crippen molar-refractivity contribution in [3.05, 3.63) is 64.2 Å². The molecule has 2 aromatic rings. The number of thioether (sulfide) groups is 1. The lowest BCUT2D eigenvalue weighted by Crippen LogP contribution is -2.08. The van der Waals surface area contributed by atoms with Crippen molar-refractivity contribution in [2.75, 3.05) is 11.6 Å². The quantitative estimate of drug-likeness (QED) is 0.500. The molecule has 0 spiro atoms. The fraction of sp³-hybridized carbons (Fsp3) is 0.200. The smallest absolute Gasteiger partial charge is 0.274 e. The van der Waals surface area contributed by atoms with E-state index in [4.69, 9.17) is 0 Å². The molecular formula is C15H16N2O2S. The van der Waals surface area contributed by atoms with Crippen molar-refractivity contribution in [2.24, 2.45) is 0 Å². The molecule has 0 radical (unpaired) electrons. The highest BCUT2D eigenvalue weighted by molar-refractivity contribution is 7.98. The maximum Gasteiger partial charge on any atom is 0.274 e. The fourth-order valence-electron chi connectivity index (χ4n) is 2.03. The number of anilines is 1. The van der Waals surface area contributed by atoms with E-state index in [1.165, 1.54) is 11.0 Å². The molecule has 0 amide bonds. The minimum atomic E-state index is -0.343. The molecule has 104 valence electrons. The molecule has 0 aliphatic rings. The maximum atomic E-state index is 11.0. The predicted molar refractivity (Wildman–Crippen MR) is 83.4 cm³/mol. The summed E-state index contributed by atoms with van der Waals surface area (Å²) in [7, 11) is 0. The molecule has 1 atom stereocenters. The first-order valence-corrected chi connectivity index (χ1v) is 7.48. The van der Waals surface area contributed by atoms with Crippen molar-refractivity contribution in [1.82, 2.24) is 0 Å². The van der Waals surface area contributed by atoms with Gasteiger partial charge in [-0.05, 0) is 37.4 Å². The Kier molecular flexibility index (Phi) is 4.63. The molecule has 0 aliphatic carbocycles. The summed E-state index contributed by atoms with van der Waals surface area (Å²) in [6, 6.07) is 14.7. The van der Waals surface area contributed by atoms with Crippen molar-refractivity contribution < 1.29 is 4.92 Å². The highest BCUT2D eigenvalue weighted by Gasteiger charge is 2.17. The number of nitro groups is 1. The SMILES string of the molecule is CSc1ccc(NC(C)c2ccccc2[N+](=O)[O-])cc1. The zero-order valence-corrected chi connectivity index (χ0v) is 12.2. The van der Waals surface area contributed by atoms with E-state index in [2.05, 4.69) is 5.32 Å². The summed E-state index contributed by atoms with van der Waals surface area (Å²) in [6.07, 6.45) is 2.03. The summed E-state index contributed by atoms with van der Waals surface area (Å²) in [6.45, 7) is 1.92. The summed E-state index contributed by atoms with van der Waals surface area (Å²) in [5.41, 5.74) is 1.79. The summed E-state index contributed by atoms with van der Waals surface area (Å²) in [4.78, 5) is 11.9. The van der Waals surface area contributed by atoms with Gasteiger partial charge < -0.3 is 5.32 Å². The fourth-order valence-corrected chi connectivity index (χ4v) is 2.44. The molecule has 2 rings (SSSR count). The Morgan fingerprint density at radius 3 is 2.40 bits per heavy atom. The first kappa shape index (κ1) is 14.4. The van der Waals surface area contributed by atoms with Crippen LogP contribution in [0.3, 0.4) is 0 Å². The van der Waals surface area contributed by atoms with Gasteiger partial charge >= 0.3 is 0 Å². The van der Waals surface area contributed by atoms with E-state index in [0.717, 1.165) is 5.69 Å². The Bertz CT molecular complexity index is 599. The number of nitrogens with one attached hydrogen (secondary N) is 1. The standard InChI is InChI=1S/C15H16N2O2S/c1-11(14-5-3-4-6-15(14)17(18)19)16-12-7-9-13(20-2)10-8-12/h3-11,16H,1-2H3. The van der Waals surface area contributed by atoms with Gasteiger partial charge in [-0.3, -0.25) is 10.1 Å². The zero-order valence-electron chi connectivity index (χ0n) is 11.4. The molecule has 2 aromatic carbocycles. The van der Waals surface area contributed by atoms with E-state index in [1.807, 2.05) is 43.5 Å². The Morgan fingerprint density at radius 1 is 1.15 bits per heavy atom. The van der Waals surface area contributed by atoms with Gasteiger partial charge in [0.2, 0.25) is 0 Å². The van der Waals surface area contributed by atoms with E-state index in [0.29, 0.717) is 5.56 Å². The van der Waals surface area contributed by atoms with Gasteiger partial charge in [0.25, 0.3) is 5.69 Å². The third kappa shape index (κ3) is 3.30. The van der Waals surface area contributed by atoms with Gasteiger partial charge in [0.05, 0.1) is 16.5 Å². The first-order chi connectivity index (χ1) is 9.61. The van der Waals surface area contributed by atoms with Crippen molar-refractivity contribution in [1.29, 1.82) is 0 Å². The van der Waals surface area contributed by atoms with Crippen LogP contribution in [-0.2, 0) is 0 Å². The van der Waals surface area contributed by atoms with E-state index in [1.54, 1.807) is 23.9 Å². The minimum Gasteiger partial charge on any atom is -0.378 e. The molecule has 0 aliphatic heterocycles. The molecule has 0 saturated carbocycles. The Morgan fingerprint density at radius 2 is 1.80 bits per heavy atom. The maximum absolute atomic E-state index is 11.0. The molecule has 0 heterocycles. The second kappa shape index (κ2) is 6.43. The van der Waals surface area contributed by atoms with Crippen LogP contribution < -0.4 is 5.32 Å². The second-order valence-corrected chi connectivity index (χ2v) is 5.29. The van der Waals surface area contributed by atoms with E-state index < -0.39 is 0 Å². The molecule has 4 nitrogen and oxygen atoms in total. The summed E-state index contributed by atoms with van der Waals surface area (Å²) < 4.78 is 0. The predicted octanol–water partition coefficient (Wildman–Crippen LogP) is 4.49. The third-order valence-corrected chi connectivity index (χ3v) is 3.82. The van der Waals surface area contributed by atoms with Crippen molar-refractivity contribution >= 4 is 23.1 Å². The number of benzene rings is 2. The van der Waals surface area contributed by atoms with Crippen LogP contribution in [0.2, 0.25) is 0 Å².